The van der Waals surface area contributed by atoms with Crippen LogP contribution in [0.25, 0.3) is 0 Å². The van der Waals surface area contributed by atoms with E-state index in [2.05, 4.69) is 27.7 Å². The Morgan fingerprint density at radius 3 is 2.86 bits per heavy atom. The standard InChI is InChI=1S/C17H26N4O/c1-2-7-21-14-15(12-18-21)13-19-8-4-9-20(11-10-19)17(22)16-5-3-6-16/h2,12,14,16H,1,3-11,13H2. The van der Waals surface area contributed by atoms with E-state index >= 15 is 0 Å². The van der Waals surface area contributed by atoms with Crippen LogP contribution >= 0.6 is 0 Å². The van der Waals surface area contributed by atoms with Gasteiger partial charge in [-0.15, -0.1) is 6.58 Å². The van der Waals surface area contributed by atoms with E-state index in [0.29, 0.717) is 11.8 Å². The number of carbonyl (C=O) groups is 1. The van der Waals surface area contributed by atoms with Crippen molar-refractivity contribution < 1.29 is 4.79 Å². The molecule has 0 aromatic carbocycles. The summed E-state index contributed by atoms with van der Waals surface area (Å²) in [5.41, 5.74) is 1.24. The van der Waals surface area contributed by atoms with E-state index in [1.165, 1.54) is 12.0 Å². The molecule has 1 saturated carbocycles. The van der Waals surface area contributed by atoms with E-state index in [9.17, 15) is 4.79 Å². The second kappa shape index (κ2) is 7.09. The average Bonchev–Trinajstić information content (AvgIpc) is 2.74. The number of rotatable bonds is 5. The predicted molar refractivity (Wildman–Crippen MR) is 86.2 cm³/mol. The fourth-order valence-electron chi connectivity index (χ4n) is 3.24. The molecule has 5 heteroatoms. The van der Waals surface area contributed by atoms with Crippen LogP contribution in [-0.2, 0) is 17.9 Å². The topological polar surface area (TPSA) is 41.4 Å². The molecule has 0 spiro atoms. The molecule has 120 valence electrons. The van der Waals surface area contributed by atoms with Crippen molar-refractivity contribution in [2.45, 2.75) is 38.8 Å². The van der Waals surface area contributed by atoms with Gasteiger partial charge in [0.15, 0.2) is 0 Å². The molecule has 2 aliphatic rings. The Labute approximate surface area is 132 Å². The molecule has 0 N–H and O–H groups in total. The summed E-state index contributed by atoms with van der Waals surface area (Å²) in [5, 5.41) is 4.33. The molecule has 1 saturated heterocycles. The second-order valence-corrected chi connectivity index (χ2v) is 6.44. The van der Waals surface area contributed by atoms with Gasteiger partial charge in [-0.3, -0.25) is 14.4 Å². The third-order valence-electron chi connectivity index (χ3n) is 4.76. The lowest BCUT2D eigenvalue weighted by molar-refractivity contribution is -0.138. The fraction of sp³-hybridized carbons (Fsp3) is 0.647. The third-order valence-corrected chi connectivity index (χ3v) is 4.76. The Morgan fingerprint density at radius 1 is 1.27 bits per heavy atom. The zero-order chi connectivity index (χ0) is 15.4. The van der Waals surface area contributed by atoms with Crippen molar-refractivity contribution in [3.8, 4) is 0 Å². The summed E-state index contributed by atoms with van der Waals surface area (Å²) in [4.78, 5) is 16.9. The van der Waals surface area contributed by atoms with Crippen LogP contribution in [0, 0.1) is 5.92 Å². The minimum atomic E-state index is 0.323. The summed E-state index contributed by atoms with van der Waals surface area (Å²) in [6.45, 7) is 9.22. The van der Waals surface area contributed by atoms with Crippen LogP contribution in [0.1, 0.15) is 31.2 Å². The minimum Gasteiger partial charge on any atom is -0.341 e. The molecule has 3 rings (SSSR count). The van der Waals surface area contributed by atoms with E-state index in [1.807, 2.05) is 17.0 Å². The van der Waals surface area contributed by atoms with Crippen LogP contribution in [0.2, 0.25) is 0 Å². The van der Waals surface area contributed by atoms with Gasteiger partial charge < -0.3 is 4.90 Å². The van der Waals surface area contributed by atoms with Crippen LogP contribution in [-0.4, -0.2) is 51.7 Å². The van der Waals surface area contributed by atoms with Gasteiger partial charge in [0, 0.05) is 50.4 Å². The quantitative estimate of drug-likeness (QED) is 0.780. The van der Waals surface area contributed by atoms with Gasteiger partial charge in [0.25, 0.3) is 0 Å². The number of hydrogen-bond acceptors (Lipinski definition) is 3. The normalized spacial score (nSPS) is 20.5. The largest absolute Gasteiger partial charge is 0.341 e. The third kappa shape index (κ3) is 3.58. The van der Waals surface area contributed by atoms with Crippen LogP contribution in [0.3, 0.4) is 0 Å². The molecular formula is C17H26N4O. The first-order valence-electron chi connectivity index (χ1n) is 8.39. The molecule has 1 amide bonds. The van der Waals surface area contributed by atoms with E-state index in [-0.39, 0.29) is 0 Å². The molecule has 0 bridgehead atoms. The molecule has 1 aliphatic heterocycles. The molecule has 5 nitrogen and oxygen atoms in total. The van der Waals surface area contributed by atoms with Crippen molar-refractivity contribution >= 4 is 5.91 Å². The molecule has 1 aliphatic carbocycles. The lowest BCUT2D eigenvalue weighted by atomic mass is 9.84. The van der Waals surface area contributed by atoms with Crippen molar-refractivity contribution in [1.29, 1.82) is 0 Å². The smallest absolute Gasteiger partial charge is 0.225 e. The predicted octanol–water partition coefficient (Wildman–Crippen LogP) is 1.90. The molecule has 1 aromatic rings. The SMILES string of the molecule is C=CCn1cc(CN2CCCN(C(=O)C3CCC3)CC2)cn1. The van der Waals surface area contributed by atoms with Crippen molar-refractivity contribution in [3.05, 3.63) is 30.6 Å². The number of hydrogen-bond donors (Lipinski definition) is 0. The zero-order valence-corrected chi connectivity index (χ0v) is 13.3. The molecule has 22 heavy (non-hydrogen) atoms. The summed E-state index contributed by atoms with van der Waals surface area (Å²) in [7, 11) is 0. The van der Waals surface area contributed by atoms with E-state index in [1.54, 1.807) is 0 Å². The maximum absolute atomic E-state index is 12.4. The number of aromatic nitrogens is 2. The van der Waals surface area contributed by atoms with Gasteiger partial charge in [-0.25, -0.2) is 0 Å². The Hall–Kier alpha value is -1.62. The molecule has 2 fully saturated rings. The van der Waals surface area contributed by atoms with Crippen molar-refractivity contribution in [3.63, 3.8) is 0 Å². The average molecular weight is 302 g/mol. The summed E-state index contributed by atoms with van der Waals surface area (Å²) >= 11 is 0. The summed E-state index contributed by atoms with van der Waals surface area (Å²) in [6.07, 6.45) is 10.4. The Kier molecular flexibility index (Phi) is 4.93. The molecule has 0 atom stereocenters. The Morgan fingerprint density at radius 2 is 2.14 bits per heavy atom. The van der Waals surface area contributed by atoms with Crippen molar-refractivity contribution in [2.75, 3.05) is 26.2 Å². The maximum atomic E-state index is 12.4. The first kappa shape index (κ1) is 15.3. The lowest BCUT2D eigenvalue weighted by Crippen LogP contribution is -2.41. The fourth-order valence-corrected chi connectivity index (χ4v) is 3.24. The minimum absolute atomic E-state index is 0.323. The van der Waals surface area contributed by atoms with E-state index < -0.39 is 0 Å². The van der Waals surface area contributed by atoms with Crippen LogP contribution < -0.4 is 0 Å². The van der Waals surface area contributed by atoms with Crippen molar-refractivity contribution in [1.82, 2.24) is 19.6 Å². The first-order chi connectivity index (χ1) is 10.8. The lowest BCUT2D eigenvalue weighted by Gasteiger charge is -2.31. The summed E-state index contributed by atoms with van der Waals surface area (Å²) in [5.74, 6) is 0.718. The Bertz CT molecular complexity index is 520. The van der Waals surface area contributed by atoms with Crippen LogP contribution in [0.4, 0.5) is 0 Å². The molecule has 1 aromatic heterocycles. The van der Waals surface area contributed by atoms with Gasteiger partial charge in [-0.05, 0) is 19.3 Å². The summed E-state index contributed by atoms with van der Waals surface area (Å²) < 4.78 is 1.91. The zero-order valence-electron chi connectivity index (χ0n) is 13.3. The highest BCUT2D eigenvalue weighted by atomic mass is 16.2. The molecule has 0 unspecified atom stereocenters. The van der Waals surface area contributed by atoms with Gasteiger partial charge in [-0.1, -0.05) is 12.5 Å². The van der Waals surface area contributed by atoms with Crippen LogP contribution in [0.15, 0.2) is 25.0 Å². The highest BCUT2D eigenvalue weighted by Crippen LogP contribution is 2.28. The number of amides is 1. The van der Waals surface area contributed by atoms with Gasteiger partial charge in [0.2, 0.25) is 5.91 Å². The van der Waals surface area contributed by atoms with Gasteiger partial charge in [0.05, 0.1) is 12.7 Å². The number of carbonyl (C=O) groups excluding carboxylic acids is 1. The van der Waals surface area contributed by atoms with Gasteiger partial charge >= 0.3 is 0 Å². The van der Waals surface area contributed by atoms with Gasteiger partial charge in [0.1, 0.15) is 0 Å². The number of allylic oxidation sites excluding steroid dienone is 1. The van der Waals surface area contributed by atoms with Crippen LogP contribution in [0.5, 0.6) is 0 Å². The van der Waals surface area contributed by atoms with Gasteiger partial charge in [-0.2, -0.15) is 5.10 Å². The number of nitrogens with zero attached hydrogens (tertiary/aromatic N) is 4. The molecule has 0 radical (unpaired) electrons. The molecule has 2 heterocycles. The van der Waals surface area contributed by atoms with E-state index in [0.717, 1.165) is 58.5 Å². The molecular weight excluding hydrogens is 276 g/mol. The van der Waals surface area contributed by atoms with Crippen molar-refractivity contribution in [2.24, 2.45) is 5.92 Å². The summed E-state index contributed by atoms with van der Waals surface area (Å²) in [6, 6.07) is 0. The monoisotopic (exact) mass is 302 g/mol. The highest BCUT2D eigenvalue weighted by Gasteiger charge is 2.30. The first-order valence-corrected chi connectivity index (χ1v) is 8.39. The van der Waals surface area contributed by atoms with E-state index in [4.69, 9.17) is 0 Å². The Balaban J connectivity index is 1.51. The second-order valence-electron chi connectivity index (χ2n) is 6.44. The highest BCUT2D eigenvalue weighted by molar-refractivity contribution is 5.79. The maximum Gasteiger partial charge on any atom is 0.225 e.